The van der Waals surface area contributed by atoms with Gasteiger partial charge in [0.05, 0.1) is 6.42 Å². The van der Waals surface area contributed by atoms with Crippen LogP contribution < -0.4 is 10.1 Å². The normalized spacial score (nSPS) is 11.3. The molecule has 1 amide bonds. The molecule has 0 aliphatic rings. The molecule has 0 bridgehead atoms. The second kappa shape index (κ2) is 7.64. The van der Waals surface area contributed by atoms with E-state index in [1.807, 2.05) is 6.26 Å². The van der Waals surface area contributed by atoms with Gasteiger partial charge in [0.2, 0.25) is 16.2 Å². The molecule has 0 aliphatic carbocycles. The van der Waals surface area contributed by atoms with Crippen molar-refractivity contribution in [2.24, 2.45) is 0 Å². The Morgan fingerprint density at radius 1 is 1.35 bits per heavy atom. The lowest BCUT2D eigenvalue weighted by molar-refractivity contribution is -0.153. The van der Waals surface area contributed by atoms with Gasteiger partial charge < -0.3 is 10.1 Å². The first-order valence-electron chi connectivity index (χ1n) is 6.32. The third-order valence-corrected chi connectivity index (χ3v) is 3.82. The number of anilines is 1. The summed E-state index contributed by atoms with van der Waals surface area (Å²) < 4.78 is 44.7. The molecule has 0 atom stereocenters. The Bertz CT molecular complexity index is 659. The van der Waals surface area contributed by atoms with E-state index in [4.69, 9.17) is 0 Å². The zero-order valence-electron chi connectivity index (χ0n) is 11.9. The van der Waals surface area contributed by atoms with E-state index in [2.05, 4.69) is 19.4 Å². The molecule has 0 saturated carbocycles. The van der Waals surface area contributed by atoms with Gasteiger partial charge >= 0.3 is 6.18 Å². The highest BCUT2D eigenvalue weighted by molar-refractivity contribution is 7.98. The van der Waals surface area contributed by atoms with Crippen LogP contribution >= 0.6 is 23.3 Å². The van der Waals surface area contributed by atoms with Crippen molar-refractivity contribution in [1.29, 1.82) is 0 Å². The maximum Gasteiger partial charge on any atom is 0.422 e. The Hall–Kier alpha value is -1.81. The lowest BCUT2D eigenvalue weighted by atomic mass is 10.1. The van der Waals surface area contributed by atoms with Crippen LogP contribution in [0.3, 0.4) is 0 Å². The van der Waals surface area contributed by atoms with Gasteiger partial charge in [-0.2, -0.15) is 22.5 Å². The molecule has 124 valence electrons. The maximum absolute atomic E-state index is 12.0. The number of nitrogens with zero attached hydrogens (tertiary/aromatic N) is 2. The molecule has 1 heterocycles. The summed E-state index contributed by atoms with van der Waals surface area (Å²) in [5.41, 5.74) is 0.650. The SMILES string of the molecule is CSc1nsc(NC(=O)Cc2ccc(OCC(F)(F)F)cc2)n1. The molecule has 0 saturated heterocycles. The molecule has 10 heteroatoms. The van der Waals surface area contributed by atoms with Crippen molar-refractivity contribution in [2.45, 2.75) is 17.8 Å². The summed E-state index contributed by atoms with van der Waals surface area (Å²) in [6.45, 7) is -1.35. The molecule has 1 aromatic heterocycles. The Kier molecular flexibility index (Phi) is 5.83. The molecule has 0 spiro atoms. The molecule has 0 unspecified atom stereocenters. The maximum atomic E-state index is 12.0. The first-order chi connectivity index (χ1) is 10.9. The number of benzene rings is 1. The standard InChI is InChI=1S/C13H12F3N3O2S2/c1-22-12-18-11(23-19-12)17-10(20)6-8-2-4-9(5-3-8)21-7-13(14,15)16/h2-5H,6-7H2,1H3,(H,17,18,19,20). The molecule has 1 aromatic carbocycles. The number of hydrogen-bond donors (Lipinski definition) is 1. The predicted molar refractivity (Wildman–Crippen MR) is 82.0 cm³/mol. The molecule has 2 aromatic rings. The second-order valence-electron chi connectivity index (χ2n) is 4.36. The van der Waals surface area contributed by atoms with Crippen LogP contribution in [0, 0.1) is 0 Å². The number of ether oxygens (including phenoxy) is 1. The summed E-state index contributed by atoms with van der Waals surface area (Å²) in [5, 5.41) is 3.60. The average molecular weight is 363 g/mol. The van der Waals surface area contributed by atoms with Crippen molar-refractivity contribution < 1.29 is 22.7 Å². The second-order valence-corrected chi connectivity index (χ2v) is 5.88. The van der Waals surface area contributed by atoms with Crippen LogP contribution in [0.5, 0.6) is 5.75 Å². The Balaban J connectivity index is 1.86. The Morgan fingerprint density at radius 2 is 2.04 bits per heavy atom. The minimum Gasteiger partial charge on any atom is -0.484 e. The Labute approximate surface area is 138 Å². The molecule has 0 fully saturated rings. The summed E-state index contributed by atoms with van der Waals surface area (Å²) in [4.78, 5) is 15.9. The van der Waals surface area contributed by atoms with E-state index in [-0.39, 0.29) is 18.1 Å². The van der Waals surface area contributed by atoms with Crippen LogP contribution in [0.2, 0.25) is 0 Å². The average Bonchev–Trinajstić information content (AvgIpc) is 2.93. The summed E-state index contributed by atoms with van der Waals surface area (Å²) >= 11 is 2.46. The summed E-state index contributed by atoms with van der Waals surface area (Å²) in [5.74, 6) is -0.182. The topological polar surface area (TPSA) is 64.1 Å². The van der Waals surface area contributed by atoms with Crippen LogP contribution in [0.25, 0.3) is 0 Å². The smallest absolute Gasteiger partial charge is 0.422 e. The number of alkyl halides is 3. The van der Waals surface area contributed by atoms with Gasteiger partial charge in [0.1, 0.15) is 5.75 Å². The highest BCUT2D eigenvalue weighted by Gasteiger charge is 2.28. The zero-order chi connectivity index (χ0) is 16.9. The molecular weight excluding hydrogens is 351 g/mol. The van der Waals surface area contributed by atoms with Gasteiger partial charge in [-0.15, -0.1) is 0 Å². The highest BCUT2D eigenvalue weighted by Crippen LogP contribution is 2.20. The van der Waals surface area contributed by atoms with E-state index in [1.165, 1.54) is 23.9 Å². The third-order valence-electron chi connectivity index (χ3n) is 2.53. The van der Waals surface area contributed by atoms with Gasteiger partial charge in [-0.05, 0) is 24.0 Å². The van der Waals surface area contributed by atoms with E-state index >= 15 is 0 Å². The number of amides is 1. The predicted octanol–water partition coefficient (Wildman–Crippen LogP) is 3.38. The van der Waals surface area contributed by atoms with Crippen LogP contribution in [-0.4, -0.2) is 34.3 Å². The van der Waals surface area contributed by atoms with Crippen molar-refractivity contribution in [3.63, 3.8) is 0 Å². The lowest BCUT2D eigenvalue weighted by Crippen LogP contribution is -2.19. The summed E-state index contributed by atoms with van der Waals surface area (Å²) in [6, 6.07) is 5.87. The fraction of sp³-hybridized carbons (Fsp3) is 0.308. The highest BCUT2D eigenvalue weighted by atomic mass is 32.2. The number of nitrogens with one attached hydrogen (secondary N) is 1. The van der Waals surface area contributed by atoms with Gasteiger partial charge in [0.25, 0.3) is 0 Å². The molecule has 0 radical (unpaired) electrons. The van der Waals surface area contributed by atoms with Crippen LogP contribution in [0.1, 0.15) is 5.56 Å². The summed E-state index contributed by atoms with van der Waals surface area (Å²) in [7, 11) is 0. The van der Waals surface area contributed by atoms with Gasteiger partial charge in [-0.1, -0.05) is 23.9 Å². The van der Waals surface area contributed by atoms with E-state index in [9.17, 15) is 18.0 Å². The largest absolute Gasteiger partial charge is 0.484 e. The van der Waals surface area contributed by atoms with E-state index in [0.29, 0.717) is 15.9 Å². The fourth-order valence-corrected chi connectivity index (χ4v) is 2.70. The van der Waals surface area contributed by atoms with Gasteiger partial charge in [0.15, 0.2) is 6.61 Å². The number of thioether (sulfide) groups is 1. The lowest BCUT2D eigenvalue weighted by Gasteiger charge is -2.09. The van der Waals surface area contributed by atoms with Crippen LogP contribution in [0.4, 0.5) is 18.3 Å². The third kappa shape index (κ3) is 6.06. The minimum absolute atomic E-state index is 0.0771. The van der Waals surface area contributed by atoms with Gasteiger partial charge in [0, 0.05) is 11.5 Å². The summed E-state index contributed by atoms with van der Waals surface area (Å²) in [6.07, 6.45) is -2.47. The van der Waals surface area contributed by atoms with Crippen LogP contribution in [0.15, 0.2) is 29.4 Å². The van der Waals surface area contributed by atoms with E-state index in [1.54, 1.807) is 12.1 Å². The molecule has 0 aliphatic heterocycles. The van der Waals surface area contributed by atoms with Gasteiger partial charge in [-0.3, -0.25) is 4.79 Å². The van der Waals surface area contributed by atoms with E-state index in [0.717, 1.165) is 11.5 Å². The van der Waals surface area contributed by atoms with Crippen molar-refractivity contribution in [1.82, 2.24) is 9.36 Å². The molecule has 23 heavy (non-hydrogen) atoms. The molecule has 1 N–H and O–H groups in total. The molecular formula is C13H12F3N3O2S2. The monoisotopic (exact) mass is 363 g/mol. The van der Waals surface area contributed by atoms with Crippen molar-refractivity contribution in [2.75, 3.05) is 18.2 Å². The van der Waals surface area contributed by atoms with Crippen LogP contribution in [-0.2, 0) is 11.2 Å². The number of carbonyl (C=O) groups excluding carboxylic acids is 1. The number of aromatic nitrogens is 2. The molecule has 2 rings (SSSR count). The number of carbonyl (C=O) groups is 1. The fourth-order valence-electron chi connectivity index (χ4n) is 1.56. The number of hydrogen-bond acceptors (Lipinski definition) is 6. The minimum atomic E-state index is -4.38. The first kappa shape index (κ1) is 17.5. The van der Waals surface area contributed by atoms with E-state index < -0.39 is 12.8 Å². The Morgan fingerprint density at radius 3 is 2.61 bits per heavy atom. The number of rotatable bonds is 6. The first-order valence-corrected chi connectivity index (χ1v) is 8.31. The van der Waals surface area contributed by atoms with Crippen molar-refractivity contribution in [3.8, 4) is 5.75 Å². The van der Waals surface area contributed by atoms with Gasteiger partial charge in [-0.25, -0.2) is 0 Å². The van der Waals surface area contributed by atoms with Crippen molar-refractivity contribution >= 4 is 34.3 Å². The quantitative estimate of drug-likeness (QED) is 0.797. The van der Waals surface area contributed by atoms with Crippen molar-refractivity contribution in [3.05, 3.63) is 29.8 Å². The molecule has 5 nitrogen and oxygen atoms in total. The zero-order valence-corrected chi connectivity index (χ0v) is 13.5. The number of halogens is 3.